The molecule has 2 amide bonds. The fourth-order valence-corrected chi connectivity index (χ4v) is 5.03. The number of fused-ring (bicyclic) bond motifs is 1. The van der Waals surface area contributed by atoms with Crippen LogP contribution in [0.2, 0.25) is 0 Å². The molecule has 2 N–H and O–H groups in total. The van der Waals surface area contributed by atoms with Gasteiger partial charge in [0.05, 0.1) is 17.2 Å². The van der Waals surface area contributed by atoms with E-state index in [0.29, 0.717) is 17.2 Å². The van der Waals surface area contributed by atoms with Gasteiger partial charge in [-0.05, 0) is 50.3 Å². The quantitative estimate of drug-likeness (QED) is 0.658. The number of piperidine rings is 1. The minimum absolute atomic E-state index is 0.0103. The van der Waals surface area contributed by atoms with Crippen LogP contribution in [0.4, 0.5) is 0 Å². The molecule has 0 unspecified atom stereocenters. The highest BCUT2D eigenvalue weighted by atomic mass is 16.3. The van der Waals surface area contributed by atoms with Gasteiger partial charge in [-0.15, -0.1) is 0 Å². The van der Waals surface area contributed by atoms with Gasteiger partial charge >= 0.3 is 0 Å². The Hall–Kier alpha value is -3.27. The van der Waals surface area contributed by atoms with Crippen LogP contribution in [0, 0.1) is 17.8 Å². The molecule has 4 atom stereocenters. The SMILES string of the molecule is CN1C[C@@H](NC(=O)c2ccccc2-n2cncn2)CC[C@@H](C(=O)N2C[C@H]3C[C@H]3C2)C1.O=CO. The van der Waals surface area contributed by atoms with E-state index in [1.807, 2.05) is 25.2 Å². The Bertz CT molecular complexity index is 971. The molecule has 10 heteroatoms. The van der Waals surface area contributed by atoms with E-state index in [2.05, 4.69) is 25.2 Å². The summed E-state index contributed by atoms with van der Waals surface area (Å²) in [5.74, 6) is 1.72. The standard InChI is InChI=1S/C22H28N6O2.CH2O2/c1-26-9-15(22(30)27-10-16-8-17(16)11-27)6-7-18(12-26)25-21(29)19-4-2-3-5-20(19)28-14-23-13-24-28;2-1-3/h2-5,13-18H,6-12H2,1H3,(H,25,29);1H,(H,2,3)/t15-,16-,17+,18+;/m1./s1. The molecule has 2 saturated heterocycles. The Morgan fingerprint density at radius 2 is 1.85 bits per heavy atom. The molecule has 1 aliphatic carbocycles. The van der Waals surface area contributed by atoms with E-state index in [-0.39, 0.29) is 24.3 Å². The lowest BCUT2D eigenvalue weighted by molar-refractivity contribution is -0.135. The monoisotopic (exact) mass is 454 g/mol. The van der Waals surface area contributed by atoms with Gasteiger partial charge in [-0.3, -0.25) is 14.4 Å². The number of likely N-dealkylation sites (tertiary alicyclic amines) is 2. The molecule has 3 aliphatic rings. The van der Waals surface area contributed by atoms with Crippen LogP contribution in [0.15, 0.2) is 36.9 Å². The van der Waals surface area contributed by atoms with Crippen molar-refractivity contribution in [1.82, 2.24) is 29.9 Å². The Morgan fingerprint density at radius 1 is 1.12 bits per heavy atom. The number of hydrogen-bond donors (Lipinski definition) is 2. The van der Waals surface area contributed by atoms with Crippen molar-refractivity contribution in [2.24, 2.45) is 17.8 Å². The number of likely N-dealkylation sites (N-methyl/N-ethyl adjacent to an activating group) is 1. The van der Waals surface area contributed by atoms with Gasteiger partial charge in [0.15, 0.2) is 0 Å². The molecule has 176 valence electrons. The van der Waals surface area contributed by atoms with Crippen LogP contribution in [0.25, 0.3) is 5.69 Å². The van der Waals surface area contributed by atoms with Crippen LogP contribution in [0.5, 0.6) is 0 Å². The fourth-order valence-electron chi connectivity index (χ4n) is 5.03. The van der Waals surface area contributed by atoms with Crippen molar-refractivity contribution in [1.29, 1.82) is 0 Å². The van der Waals surface area contributed by atoms with Crippen molar-refractivity contribution >= 4 is 18.3 Å². The highest BCUT2D eigenvalue weighted by Crippen LogP contribution is 2.45. The number of para-hydroxylation sites is 1. The summed E-state index contributed by atoms with van der Waals surface area (Å²) in [5, 5.41) is 14.2. The minimum Gasteiger partial charge on any atom is -0.483 e. The molecule has 2 aliphatic heterocycles. The number of aromatic nitrogens is 3. The van der Waals surface area contributed by atoms with Gasteiger partial charge in [-0.2, -0.15) is 5.10 Å². The molecular formula is C23H30N6O4. The predicted octanol–water partition coefficient (Wildman–Crippen LogP) is 0.887. The Kier molecular flexibility index (Phi) is 7.02. The first-order valence-electron chi connectivity index (χ1n) is 11.3. The second-order valence-electron chi connectivity index (χ2n) is 9.13. The summed E-state index contributed by atoms with van der Waals surface area (Å²) in [5.41, 5.74) is 1.27. The summed E-state index contributed by atoms with van der Waals surface area (Å²) >= 11 is 0. The summed E-state index contributed by atoms with van der Waals surface area (Å²) in [7, 11) is 2.04. The van der Waals surface area contributed by atoms with Crippen LogP contribution in [-0.4, -0.2) is 87.2 Å². The molecule has 0 spiro atoms. The van der Waals surface area contributed by atoms with Crippen molar-refractivity contribution < 1.29 is 19.5 Å². The zero-order valence-corrected chi connectivity index (χ0v) is 18.7. The number of nitrogens with zero attached hydrogens (tertiary/aromatic N) is 5. The van der Waals surface area contributed by atoms with Gasteiger partial charge < -0.3 is 20.2 Å². The number of carbonyl (C=O) groups excluding carboxylic acids is 2. The summed E-state index contributed by atoms with van der Waals surface area (Å²) < 4.78 is 1.60. The second kappa shape index (κ2) is 10.1. The third kappa shape index (κ3) is 5.39. The fraction of sp³-hybridized carbons (Fsp3) is 0.522. The van der Waals surface area contributed by atoms with Crippen LogP contribution >= 0.6 is 0 Å². The lowest BCUT2D eigenvalue weighted by atomic mass is 10.00. The maximum Gasteiger partial charge on any atom is 0.290 e. The molecule has 5 rings (SSSR count). The summed E-state index contributed by atoms with van der Waals surface area (Å²) in [6.07, 6.45) is 5.96. The maximum atomic E-state index is 13.0. The first-order chi connectivity index (χ1) is 16.0. The van der Waals surface area contributed by atoms with E-state index < -0.39 is 0 Å². The van der Waals surface area contributed by atoms with Gasteiger partial charge in [0.25, 0.3) is 12.4 Å². The van der Waals surface area contributed by atoms with Gasteiger partial charge in [0.1, 0.15) is 12.7 Å². The van der Waals surface area contributed by atoms with E-state index in [0.717, 1.165) is 50.9 Å². The third-order valence-corrected chi connectivity index (χ3v) is 6.72. The highest BCUT2D eigenvalue weighted by Gasteiger charge is 2.47. The van der Waals surface area contributed by atoms with Crippen molar-refractivity contribution in [3.63, 3.8) is 0 Å². The highest BCUT2D eigenvalue weighted by molar-refractivity contribution is 5.97. The average Bonchev–Trinajstić information content (AvgIpc) is 3.19. The number of carbonyl (C=O) groups is 3. The Labute approximate surface area is 192 Å². The lowest BCUT2D eigenvalue weighted by Crippen LogP contribution is -2.42. The third-order valence-electron chi connectivity index (χ3n) is 6.72. The number of rotatable bonds is 4. The van der Waals surface area contributed by atoms with Gasteiger partial charge in [-0.1, -0.05) is 12.1 Å². The molecule has 3 fully saturated rings. The molecule has 3 heterocycles. The van der Waals surface area contributed by atoms with Gasteiger partial charge in [0.2, 0.25) is 5.91 Å². The molecule has 1 aromatic carbocycles. The zero-order chi connectivity index (χ0) is 23.4. The summed E-state index contributed by atoms with van der Waals surface area (Å²) in [6.45, 7) is 3.14. The predicted molar refractivity (Wildman–Crippen MR) is 120 cm³/mol. The first-order valence-corrected chi connectivity index (χ1v) is 11.3. The summed E-state index contributed by atoms with van der Waals surface area (Å²) in [6, 6.07) is 7.40. The van der Waals surface area contributed by atoms with Crippen LogP contribution in [0.1, 0.15) is 29.6 Å². The molecular weight excluding hydrogens is 424 g/mol. The van der Waals surface area contributed by atoms with Crippen LogP contribution in [0.3, 0.4) is 0 Å². The number of nitrogens with one attached hydrogen (secondary N) is 1. The summed E-state index contributed by atoms with van der Waals surface area (Å²) in [4.78, 5) is 42.6. The van der Waals surface area contributed by atoms with Crippen LogP contribution < -0.4 is 5.32 Å². The van der Waals surface area contributed by atoms with Crippen molar-refractivity contribution in [3.8, 4) is 5.69 Å². The largest absolute Gasteiger partial charge is 0.483 e. The van der Waals surface area contributed by atoms with E-state index >= 15 is 0 Å². The van der Waals surface area contributed by atoms with Crippen molar-refractivity contribution in [3.05, 3.63) is 42.5 Å². The molecule has 0 bridgehead atoms. The smallest absolute Gasteiger partial charge is 0.290 e. The van der Waals surface area contributed by atoms with E-state index in [1.54, 1.807) is 17.1 Å². The first kappa shape index (κ1) is 22.9. The number of amides is 2. The molecule has 33 heavy (non-hydrogen) atoms. The van der Waals surface area contributed by atoms with E-state index in [1.165, 1.54) is 12.7 Å². The topological polar surface area (TPSA) is 121 Å². The Balaban J connectivity index is 0.000000821. The van der Waals surface area contributed by atoms with Gasteiger partial charge in [-0.25, -0.2) is 9.67 Å². The number of benzene rings is 1. The molecule has 0 radical (unpaired) electrons. The molecule has 2 aromatic rings. The van der Waals surface area contributed by atoms with Gasteiger partial charge in [0, 0.05) is 32.2 Å². The molecule has 1 aromatic heterocycles. The van der Waals surface area contributed by atoms with E-state index in [9.17, 15) is 9.59 Å². The normalized spacial score (nSPS) is 26.4. The number of carboxylic acid groups (broad SMARTS) is 1. The van der Waals surface area contributed by atoms with Crippen molar-refractivity contribution in [2.45, 2.75) is 25.3 Å². The average molecular weight is 455 g/mol. The minimum atomic E-state index is -0.250. The van der Waals surface area contributed by atoms with Crippen LogP contribution in [-0.2, 0) is 9.59 Å². The Morgan fingerprint density at radius 3 is 2.55 bits per heavy atom. The zero-order valence-electron chi connectivity index (χ0n) is 18.7. The maximum absolute atomic E-state index is 13.0. The molecule has 1 saturated carbocycles. The number of hydrogen-bond acceptors (Lipinski definition) is 6. The van der Waals surface area contributed by atoms with Crippen molar-refractivity contribution in [2.75, 3.05) is 33.2 Å². The van der Waals surface area contributed by atoms with E-state index in [4.69, 9.17) is 9.90 Å². The lowest BCUT2D eigenvalue weighted by Gasteiger charge is -2.25. The molecule has 10 nitrogen and oxygen atoms in total. The second-order valence-corrected chi connectivity index (χ2v) is 9.13.